The highest BCUT2D eigenvalue weighted by Crippen LogP contribution is 2.32. The van der Waals surface area contributed by atoms with Gasteiger partial charge in [-0.25, -0.2) is 4.39 Å². The van der Waals surface area contributed by atoms with Crippen LogP contribution in [0.15, 0.2) is 42.6 Å². The van der Waals surface area contributed by atoms with E-state index in [-0.39, 0.29) is 0 Å². The molecule has 0 bridgehead atoms. The van der Waals surface area contributed by atoms with Crippen LogP contribution in [0.2, 0.25) is 0 Å². The molecule has 8 heteroatoms. The lowest BCUT2D eigenvalue weighted by molar-refractivity contribution is -0.140. The Kier molecular flexibility index (Phi) is 4.66. The number of pyridine rings is 1. The maximum atomic E-state index is 13.8. The van der Waals surface area contributed by atoms with Gasteiger partial charge in [0.15, 0.2) is 0 Å². The van der Waals surface area contributed by atoms with Gasteiger partial charge in [-0.1, -0.05) is 12.1 Å². The van der Waals surface area contributed by atoms with E-state index in [2.05, 4.69) is 15.0 Å². The predicted molar refractivity (Wildman–Crippen MR) is 95.7 cm³/mol. The zero-order valence-corrected chi connectivity index (χ0v) is 15.2. The Morgan fingerprint density at radius 1 is 1.11 bits per heavy atom. The van der Waals surface area contributed by atoms with E-state index in [1.54, 1.807) is 6.20 Å². The van der Waals surface area contributed by atoms with Gasteiger partial charge < -0.3 is 0 Å². The maximum Gasteiger partial charge on any atom is 0.419 e. The summed E-state index contributed by atoms with van der Waals surface area (Å²) in [5, 5.41) is 4.62. The van der Waals surface area contributed by atoms with Crippen molar-refractivity contribution in [2.75, 3.05) is 6.54 Å². The summed E-state index contributed by atoms with van der Waals surface area (Å²) in [5.74, 6) is -1.24. The van der Waals surface area contributed by atoms with Gasteiger partial charge in [-0.3, -0.25) is 14.6 Å². The number of nitrogens with zero attached hydrogens (tertiary/aromatic N) is 4. The fraction of sp³-hybridized carbons (Fsp3) is 0.300. The van der Waals surface area contributed by atoms with Gasteiger partial charge in [-0.2, -0.15) is 18.3 Å². The highest BCUT2D eigenvalue weighted by atomic mass is 19.4. The van der Waals surface area contributed by atoms with Gasteiger partial charge in [0.25, 0.3) is 0 Å². The van der Waals surface area contributed by atoms with Gasteiger partial charge in [0.05, 0.1) is 23.5 Å². The largest absolute Gasteiger partial charge is 0.419 e. The number of aryl methyl sites for hydroxylation is 1. The first-order chi connectivity index (χ1) is 13.3. The monoisotopic (exact) mass is 390 g/mol. The van der Waals surface area contributed by atoms with E-state index in [0.29, 0.717) is 31.7 Å². The number of benzene rings is 1. The van der Waals surface area contributed by atoms with Crippen molar-refractivity contribution < 1.29 is 17.6 Å². The molecule has 4 nitrogen and oxygen atoms in total. The lowest BCUT2D eigenvalue weighted by Gasteiger charge is -2.27. The molecule has 1 aromatic carbocycles. The van der Waals surface area contributed by atoms with Gasteiger partial charge in [0, 0.05) is 25.8 Å². The molecule has 0 amide bonds. The van der Waals surface area contributed by atoms with Crippen molar-refractivity contribution in [1.29, 1.82) is 0 Å². The molecule has 0 fully saturated rings. The van der Waals surface area contributed by atoms with Crippen LogP contribution in [0.3, 0.4) is 0 Å². The van der Waals surface area contributed by atoms with E-state index in [1.165, 1.54) is 6.07 Å². The highest BCUT2D eigenvalue weighted by molar-refractivity contribution is 5.58. The average molecular weight is 390 g/mol. The van der Waals surface area contributed by atoms with Crippen LogP contribution in [0.5, 0.6) is 0 Å². The Bertz CT molecular complexity index is 1010. The van der Waals surface area contributed by atoms with Gasteiger partial charge >= 0.3 is 6.18 Å². The van der Waals surface area contributed by atoms with Crippen molar-refractivity contribution in [2.45, 2.75) is 32.7 Å². The minimum absolute atomic E-state index is 0.373. The second-order valence-corrected chi connectivity index (χ2v) is 6.94. The predicted octanol–water partition coefficient (Wildman–Crippen LogP) is 4.43. The molecule has 0 aliphatic carbocycles. The van der Waals surface area contributed by atoms with Crippen molar-refractivity contribution in [2.24, 2.45) is 0 Å². The summed E-state index contributed by atoms with van der Waals surface area (Å²) in [4.78, 5) is 6.46. The molecule has 0 saturated heterocycles. The topological polar surface area (TPSA) is 34.0 Å². The summed E-state index contributed by atoms with van der Waals surface area (Å²) in [7, 11) is 0. The van der Waals surface area contributed by atoms with Crippen molar-refractivity contribution in [3.05, 3.63) is 70.8 Å². The lowest BCUT2D eigenvalue weighted by atomic mass is 10.1. The summed E-state index contributed by atoms with van der Waals surface area (Å²) in [6.45, 7) is 4.27. The van der Waals surface area contributed by atoms with Crippen LogP contribution < -0.4 is 0 Å². The normalized spacial score (nSPS) is 14.9. The molecule has 0 atom stereocenters. The number of fused-ring (bicyclic) bond motifs is 1. The van der Waals surface area contributed by atoms with Gasteiger partial charge in [-0.15, -0.1) is 0 Å². The summed E-state index contributed by atoms with van der Waals surface area (Å²) in [6.07, 6.45) is -2.95. The third kappa shape index (κ3) is 3.64. The number of hydrogen-bond donors (Lipinski definition) is 0. The number of aromatic nitrogens is 3. The minimum atomic E-state index is -4.68. The zero-order valence-electron chi connectivity index (χ0n) is 15.2. The Hall–Kier alpha value is -2.74. The molecular formula is C20H18F4N4. The summed E-state index contributed by atoms with van der Waals surface area (Å²) >= 11 is 0. The standard InChI is InChI=1S/C20H18F4N4/c1-13-3-2-6-25-19(13)18-10-15-12-27(7-8-28(15)26-18)11-14-4-5-16(17(21)9-14)20(22,23)24/h2-6,9-10H,7-8,11-12H2,1H3. The molecule has 0 radical (unpaired) electrons. The van der Waals surface area contributed by atoms with Gasteiger partial charge in [0.1, 0.15) is 11.5 Å². The first-order valence-corrected chi connectivity index (χ1v) is 8.88. The molecule has 0 spiro atoms. The van der Waals surface area contributed by atoms with E-state index in [9.17, 15) is 17.6 Å². The third-order valence-corrected chi connectivity index (χ3v) is 4.87. The Morgan fingerprint density at radius 2 is 1.93 bits per heavy atom. The molecule has 0 unspecified atom stereocenters. The van der Waals surface area contributed by atoms with Crippen LogP contribution in [0.1, 0.15) is 22.4 Å². The Morgan fingerprint density at radius 3 is 2.64 bits per heavy atom. The Labute approximate surface area is 159 Å². The van der Waals surface area contributed by atoms with Crippen LogP contribution in [0.25, 0.3) is 11.4 Å². The SMILES string of the molecule is Cc1cccnc1-c1cc2n(n1)CCN(Cc1ccc(C(F)(F)F)c(F)c1)C2. The molecule has 1 aliphatic rings. The molecule has 28 heavy (non-hydrogen) atoms. The molecule has 4 rings (SSSR count). The van der Waals surface area contributed by atoms with Crippen molar-refractivity contribution in [1.82, 2.24) is 19.7 Å². The smallest absolute Gasteiger partial charge is 0.291 e. The summed E-state index contributed by atoms with van der Waals surface area (Å²) in [5.41, 5.74) is 2.95. The first-order valence-electron chi connectivity index (χ1n) is 8.88. The van der Waals surface area contributed by atoms with Crippen molar-refractivity contribution >= 4 is 0 Å². The minimum Gasteiger partial charge on any atom is -0.291 e. The van der Waals surface area contributed by atoms with Crippen LogP contribution in [-0.4, -0.2) is 26.2 Å². The molecular weight excluding hydrogens is 372 g/mol. The molecule has 2 aromatic heterocycles. The summed E-state index contributed by atoms with van der Waals surface area (Å²) in [6, 6.07) is 8.94. The maximum absolute atomic E-state index is 13.8. The first kappa shape index (κ1) is 18.6. The van der Waals surface area contributed by atoms with Crippen LogP contribution in [-0.2, 0) is 25.8 Å². The van der Waals surface area contributed by atoms with E-state index in [0.717, 1.165) is 34.8 Å². The third-order valence-electron chi connectivity index (χ3n) is 4.87. The second-order valence-electron chi connectivity index (χ2n) is 6.94. The van der Waals surface area contributed by atoms with Gasteiger partial charge in [-0.05, 0) is 42.3 Å². The van der Waals surface area contributed by atoms with Crippen molar-refractivity contribution in [3.63, 3.8) is 0 Å². The average Bonchev–Trinajstić information content (AvgIpc) is 3.04. The second kappa shape index (κ2) is 7.01. The summed E-state index contributed by atoms with van der Waals surface area (Å²) < 4.78 is 53.9. The fourth-order valence-electron chi connectivity index (χ4n) is 3.47. The molecule has 0 N–H and O–H groups in total. The van der Waals surface area contributed by atoms with E-state index in [4.69, 9.17) is 0 Å². The van der Waals surface area contributed by atoms with Crippen LogP contribution in [0, 0.1) is 12.7 Å². The quantitative estimate of drug-likeness (QED) is 0.621. The molecule has 1 aliphatic heterocycles. The van der Waals surface area contributed by atoms with E-state index in [1.807, 2.05) is 29.8 Å². The Balaban J connectivity index is 1.51. The van der Waals surface area contributed by atoms with E-state index < -0.39 is 17.6 Å². The molecule has 3 heterocycles. The van der Waals surface area contributed by atoms with E-state index >= 15 is 0 Å². The number of hydrogen-bond acceptors (Lipinski definition) is 3. The lowest BCUT2D eigenvalue weighted by Crippen LogP contribution is -2.33. The number of rotatable bonds is 3. The number of alkyl halides is 3. The zero-order chi connectivity index (χ0) is 19.9. The van der Waals surface area contributed by atoms with Crippen LogP contribution in [0.4, 0.5) is 17.6 Å². The molecule has 0 saturated carbocycles. The number of halogens is 4. The molecule has 146 valence electrons. The molecule has 3 aromatic rings. The highest BCUT2D eigenvalue weighted by Gasteiger charge is 2.34. The van der Waals surface area contributed by atoms with Crippen molar-refractivity contribution in [3.8, 4) is 11.4 Å². The fourth-order valence-corrected chi connectivity index (χ4v) is 3.47. The van der Waals surface area contributed by atoms with Gasteiger partial charge in [0.2, 0.25) is 0 Å². The van der Waals surface area contributed by atoms with Crippen LogP contribution >= 0.6 is 0 Å².